The number of aromatic amines is 1. The van der Waals surface area contributed by atoms with Crippen molar-refractivity contribution >= 4 is 15.8 Å². The molecule has 1 aliphatic carbocycles. The van der Waals surface area contributed by atoms with E-state index in [2.05, 4.69) is 35.6 Å². The predicted octanol–water partition coefficient (Wildman–Crippen LogP) is 1.22. The van der Waals surface area contributed by atoms with Crippen molar-refractivity contribution in [1.29, 1.82) is 0 Å². The highest BCUT2D eigenvalue weighted by Gasteiger charge is 2.29. The van der Waals surface area contributed by atoms with E-state index in [0.29, 0.717) is 5.92 Å². The minimum absolute atomic E-state index is 0.0707. The quantitative estimate of drug-likeness (QED) is 0.850. The molecular formula is C14H19N5O3S. The summed E-state index contributed by atoms with van der Waals surface area (Å²) < 4.78 is 31.6. The predicted molar refractivity (Wildman–Crippen MR) is 82.6 cm³/mol. The average molecular weight is 337 g/mol. The standard InChI is InChI=1S/C14H19N5O3S/c20-23(21,12-8-15-22-9-12)18-11-3-5-19(6-4-11)14-7-13(16-17-14)10-1-2-10/h7-11,18H,1-6H2,(H,16,17). The molecule has 2 aliphatic rings. The van der Waals surface area contributed by atoms with Crippen molar-refractivity contribution in [3.05, 3.63) is 24.2 Å². The molecule has 2 aromatic rings. The Kier molecular flexibility index (Phi) is 3.61. The molecule has 0 spiro atoms. The lowest BCUT2D eigenvalue weighted by Crippen LogP contribution is -2.44. The van der Waals surface area contributed by atoms with Crippen LogP contribution in [0.2, 0.25) is 0 Å². The number of nitrogens with zero attached hydrogens (tertiary/aromatic N) is 3. The van der Waals surface area contributed by atoms with Crippen LogP contribution in [0.3, 0.4) is 0 Å². The van der Waals surface area contributed by atoms with Crippen LogP contribution in [0, 0.1) is 0 Å². The Labute approximate surface area is 134 Å². The molecule has 3 heterocycles. The number of anilines is 1. The minimum Gasteiger partial charge on any atom is -0.363 e. The van der Waals surface area contributed by atoms with E-state index in [1.807, 2.05) is 0 Å². The van der Waals surface area contributed by atoms with Crippen molar-refractivity contribution in [3.8, 4) is 0 Å². The van der Waals surface area contributed by atoms with Gasteiger partial charge in [0, 0.05) is 36.8 Å². The summed E-state index contributed by atoms with van der Waals surface area (Å²) in [6, 6.07) is 2.05. The molecule has 0 unspecified atom stereocenters. The van der Waals surface area contributed by atoms with Gasteiger partial charge in [-0.2, -0.15) is 5.10 Å². The van der Waals surface area contributed by atoms with Gasteiger partial charge in [0.05, 0.1) is 6.20 Å². The number of hydrogen-bond donors (Lipinski definition) is 2. The molecule has 1 aliphatic heterocycles. The first-order valence-electron chi connectivity index (χ1n) is 7.84. The van der Waals surface area contributed by atoms with Crippen LogP contribution in [0.1, 0.15) is 37.3 Å². The summed E-state index contributed by atoms with van der Waals surface area (Å²) in [6.45, 7) is 1.57. The SMILES string of the molecule is O=S(=O)(NC1CCN(c2cc(C3CC3)[nH]n2)CC1)c1cnoc1. The first-order chi connectivity index (χ1) is 11.1. The lowest BCUT2D eigenvalue weighted by atomic mass is 10.1. The Balaban J connectivity index is 1.35. The van der Waals surface area contributed by atoms with E-state index in [1.165, 1.54) is 24.7 Å². The van der Waals surface area contributed by atoms with E-state index < -0.39 is 10.0 Å². The lowest BCUT2D eigenvalue weighted by molar-refractivity contribution is 0.417. The number of aromatic nitrogens is 3. The van der Waals surface area contributed by atoms with Crippen molar-refractivity contribution in [2.24, 2.45) is 0 Å². The Morgan fingerprint density at radius 3 is 2.70 bits per heavy atom. The molecule has 2 fully saturated rings. The zero-order valence-electron chi connectivity index (χ0n) is 12.6. The van der Waals surface area contributed by atoms with E-state index in [0.717, 1.165) is 38.0 Å². The minimum atomic E-state index is -3.54. The zero-order chi connectivity index (χ0) is 15.9. The number of rotatable bonds is 5. The third kappa shape index (κ3) is 3.11. The van der Waals surface area contributed by atoms with Gasteiger partial charge >= 0.3 is 0 Å². The van der Waals surface area contributed by atoms with Crippen LogP contribution in [-0.4, -0.2) is 42.9 Å². The third-order valence-electron chi connectivity index (χ3n) is 4.46. The summed E-state index contributed by atoms with van der Waals surface area (Å²) in [5, 5.41) is 10.9. The van der Waals surface area contributed by atoms with Gasteiger partial charge in [-0.3, -0.25) is 5.10 Å². The fourth-order valence-corrected chi connectivity index (χ4v) is 4.09. The molecule has 2 aromatic heterocycles. The largest absolute Gasteiger partial charge is 0.363 e. The summed E-state index contributed by atoms with van der Waals surface area (Å²) in [7, 11) is -3.54. The number of sulfonamides is 1. The maximum atomic E-state index is 12.2. The second-order valence-electron chi connectivity index (χ2n) is 6.20. The lowest BCUT2D eigenvalue weighted by Gasteiger charge is -2.32. The molecule has 1 saturated carbocycles. The van der Waals surface area contributed by atoms with Gasteiger partial charge in [0.25, 0.3) is 0 Å². The monoisotopic (exact) mass is 337 g/mol. The zero-order valence-corrected chi connectivity index (χ0v) is 13.4. The van der Waals surface area contributed by atoms with Gasteiger partial charge in [-0.15, -0.1) is 0 Å². The average Bonchev–Trinajstić information content (AvgIpc) is 3.05. The number of H-pyrrole nitrogens is 1. The highest BCUT2D eigenvalue weighted by Crippen LogP contribution is 2.40. The molecule has 23 heavy (non-hydrogen) atoms. The van der Waals surface area contributed by atoms with Crippen molar-refractivity contribution in [3.63, 3.8) is 0 Å². The summed E-state index contributed by atoms with van der Waals surface area (Å²) in [6.07, 6.45) is 6.33. The van der Waals surface area contributed by atoms with Gasteiger partial charge in [-0.25, -0.2) is 13.1 Å². The van der Waals surface area contributed by atoms with Crippen LogP contribution in [0.15, 0.2) is 27.9 Å². The molecule has 8 nitrogen and oxygen atoms in total. The van der Waals surface area contributed by atoms with Gasteiger partial charge < -0.3 is 9.42 Å². The maximum Gasteiger partial charge on any atom is 0.245 e. The molecule has 124 valence electrons. The van der Waals surface area contributed by atoms with Crippen LogP contribution in [0.25, 0.3) is 0 Å². The molecule has 0 atom stereocenters. The summed E-state index contributed by atoms with van der Waals surface area (Å²) >= 11 is 0. The highest BCUT2D eigenvalue weighted by molar-refractivity contribution is 7.89. The fraction of sp³-hybridized carbons (Fsp3) is 0.571. The maximum absolute atomic E-state index is 12.2. The third-order valence-corrected chi connectivity index (χ3v) is 5.93. The topological polar surface area (TPSA) is 104 Å². The number of hydrogen-bond acceptors (Lipinski definition) is 6. The molecule has 2 N–H and O–H groups in total. The summed E-state index contributed by atoms with van der Waals surface area (Å²) in [5.74, 6) is 1.62. The van der Waals surface area contributed by atoms with E-state index in [-0.39, 0.29) is 10.9 Å². The summed E-state index contributed by atoms with van der Waals surface area (Å²) in [4.78, 5) is 2.27. The molecular weight excluding hydrogens is 318 g/mol. The van der Waals surface area contributed by atoms with Crippen LogP contribution in [0.4, 0.5) is 5.82 Å². The Morgan fingerprint density at radius 1 is 1.26 bits per heavy atom. The molecule has 1 saturated heterocycles. The Bertz CT molecular complexity index is 758. The molecule has 0 amide bonds. The van der Waals surface area contributed by atoms with Gasteiger partial charge in [-0.05, 0) is 25.7 Å². The van der Waals surface area contributed by atoms with Gasteiger partial charge in [-0.1, -0.05) is 5.16 Å². The van der Waals surface area contributed by atoms with Crippen molar-refractivity contribution in [1.82, 2.24) is 20.1 Å². The first-order valence-corrected chi connectivity index (χ1v) is 9.32. The molecule has 9 heteroatoms. The van der Waals surface area contributed by atoms with Gasteiger partial charge in [0.15, 0.2) is 5.82 Å². The highest BCUT2D eigenvalue weighted by atomic mass is 32.2. The molecule has 4 rings (SSSR count). The molecule has 0 aromatic carbocycles. The van der Waals surface area contributed by atoms with Crippen molar-refractivity contribution < 1.29 is 12.9 Å². The van der Waals surface area contributed by atoms with Gasteiger partial charge in [0.2, 0.25) is 10.0 Å². The smallest absolute Gasteiger partial charge is 0.245 e. The Hall–Kier alpha value is -1.87. The van der Waals surface area contributed by atoms with Crippen LogP contribution in [0.5, 0.6) is 0 Å². The van der Waals surface area contributed by atoms with Crippen molar-refractivity contribution in [2.75, 3.05) is 18.0 Å². The number of piperidine rings is 1. The van der Waals surface area contributed by atoms with Gasteiger partial charge in [0.1, 0.15) is 11.2 Å². The molecule has 0 radical (unpaired) electrons. The molecule has 0 bridgehead atoms. The number of nitrogens with one attached hydrogen (secondary N) is 2. The van der Waals surface area contributed by atoms with E-state index in [1.54, 1.807) is 0 Å². The first kappa shape index (κ1) is 14.7. The van der Waals surface area contributed by atoms with E-state index in [4.69, 9.17) is 0 Å². The second-order valence-corrected chi connectivity index (χ2v) is 7.91. The normalized spacial score (nSPS) is 20.1. The second kappa shape index (κ2) is 5.64. The van der Waals surface area contributed by atoms with E-state index >= 15 is 0 Å². The fourth-order valence-electron chi connectivity index (χ4n) is 2.93. The van der Waals surface area contributed by atoms with Crippen LogP contribution < -0.4 is 9.62 Å². The Morgan fingerprint density at radius 2 is 2.04 bits per heavy atom. The summed E-state index contributed by atoms with van der Waals surface area (Å²) in [5.41, 5.74) is 1.22. The van der Waals surface area contributed by atoms with Crippen LogP contribution >= 0.6 is 0 Å². The van der Waals surface area contributed by atoms with E-state index in [9.17, 15) is 8.42 Å². The van der Waals surface area contributed by atoms with Crippen molar-refractivity contribution in [2.45, 2.75) is 42.5 Å². The van der Waals surface area contributed by atoms with Crippen LogP contribution in [-0.2, 0) is 10.0 Å².